The molecule has 2 aliphatic carbocycles. The van der Waals surface area contributed by atoms with E-state index in [1.54, 1.807) is 4.57 Å². The lowest BCUT2D eigenvalue weighted by Crippen LogP contribution is -2.36. The molecule has 0 unspecified atom stereocenters. The average Bonchev–Trinajstić information content (AvgIpc) is 2.81. The second-order valence-corrected chi connectivity index (χ2v) is 7.71. The van der Waals surface area contributed by atoms with Crippen molar-refractivity contribution in [3.05, 3.63) is 12.0 Å². The number of carbonyl (C=O) groups is 1. The molecule has 20 heavy (non-hydrogen) atoms. The standard InChI is InChI=1S/C13H17N3O3S/c17-13(9-4-3-8-6-10(8)9)15-20(18,19)12-7-14-11-2-1-5-16(11)12/h7-10H,1-6H2,(H,15,17)/t8-,9-,10+/m1/s1. The second-order valence-electron chi connectivity index (χ2n) is 6.08. The molecule has 3 atom stereocenters. The molecule has 2 fully saturated rings. The summed E-state index contributed by atoms with van der Waals surface area (Å²) in [6.45, 7) is 0.661. The lowest BCUT2D eigenvalue weighted by atomic mass is 10.0. The Hall–Kier alpha value is -1.37. The smallest absolute Gasteiger partial charge is 0.281 e. The summed E-state index contributed by atoms with van der Waals surface area (Å²) < 4.78 is 28.7. The van der Waals surface area contributed by atoms with E-state index in [1.165, 1.54) is 6.20 Å². The van der Waals surface area contributed by atoms with Crippen molar-refractivity contribution >= 4 is 15.9 Å². The van der Waals surface area contributed by atoms with Gasteiger partial charge in [-0.15, -0.1) is 0 Å². The normalized spacial score (nSPS) is 30.9. The largest absolute Gasteiger partial charge is 0.318 e. The number of amides is 1. The lowest BCUT2D eigenvalue weighted by molar-refractivity contribution is -0.123. The molecule has 0 bridgehead atoms. The fourth-order valence-electron chi connectivity index (χ4n) is 3.73. The predicted octanol–water partition coefficient (Wildman–Crippen LogP) is 0.680. The Morgan fingerprint density at radius 2 is 2.25 bits per heavy atom. The molecule has 1 aromatic rings. The molecule has 3 aliphatic rings. The van der Waals surface area contributed by atoms with Crippen molar-refractivity contribution < 1.29 is 13.2 Å². The zero-order valence-electron chi connectivity index (χ0n) is 11.1. The second kappa shape index (κ2) is 4.07. The highest BCUT2D eigenvalue weighted by molar-refractivity contribution is 7.90. The maximum atomic E-state index is 12.3. The number of imidazole rings is 1. The molecule has 2 saturated carbocycles. The number of aryl methyl sites for hydroxylation is 1. The first-order valence-corrected chi connectivity index (χ1v) is 8.65. The Morgan fingerprint density at radius 3 is 2.95 bits per heavy atom. The number of rotatable bonds is 3. The minimum absolute atomic E-state index is 0.115. The average molecular weight is 295 g/mol. The van der Waals surface area contributed by atoms with Crippen molar-refractivity contribution in [1.82, 2.24) is 14.3 Å². The van der Waals surface area contributed by atoms with Crippen molar-refractivity contribution in [2.45, 2.75) is 43.7 Å². The van der Waals surface area contributed by atoms with E-state index in [4.69, 9.17) is 0 Å². The van der Waals surface area contributed by atoms with E-state index in [0.29, 0.717) is 18.4 Å². The third-order valence-electron chi connectivity index (χ3n) is 4.87. The SMILES string of the molecule is O=C(NS(=O)(=O)c1cnc2n1CCC2)[C@@H]1CC[C@@H]2C[C@@H]21. The van der Waals surface area contributed by atoms with Gasteiger partial charge >= 0.3 is 0 Å². The molecule has 0 saturated heterocycles. The number of hydrogen-bond acceptors (Lipinski definition) is 4. The zero-order valence-corrected chi connectivity index (χ0v) is 11.9. The molecule has 1 N–H and O–H groups in total. The van der Waals surface area contributed by atoms with Crippen molar-refractivity contribution in [2.75, 3.05) is 0 Å². The van der Waals surface area contributed by atoms with Gasteiger partial charge in [-0.2, -0.15) is 8.42 Å². The van der Waals surface area contributed by atoms with Crippen LogP contribution in [0.5, 0.6) is 0 Å². The maximum Gasteiger partial charge on any atom is 0.281 e. The fourth-order valence-corrected chi connectivity index (χ4v) is 4.93. The third kappa shape index (κ3) is 1.79. The number of carbonyl (C=O) groups excluding carboxylic acids is 1. The highest BCUT2D eigenvalue weighted by Gasteiger charge is 2.51. The van der Waals surface area contributed by atoms with Gasteiger partial charge in [0.05, 0.1) is 6.20 Å². The monoisotopic (exact) mass is 295 g/mol. The number of hydrogen-bond donors (Lipinski definition) is 1. The third-order valence-corrected chi connectivity index (χ3v) is 6.22. The van der Waals surface area contributed by atoms with Crippen LogP contribution in [0.2, 0.25) is 0 Å². The molecule has 2 heterocycles. The first kappa shape index (κ1) is 12.4. The van der Waals surface area contributed by atoms with Crippen molar-refractivity contribution in [3.63, 3.8) is 0 Å². The summed E-state index contributed by atoms with van der Waals surface area (Å²) in [5, 5.41) is 0.128. The summed E-state index contributed by atoms with van der Waals surface area (Å²) in [4.78, 5) is 16.3. The number of nitrogens with zero attached hydrogens (tertiary/aromatic N) is 2. The van der Waals surface area contributed by atoms with E-state index in [1.807, 2.05) is 0 Å². The van der Waals surface area contributed by atoms with E-state index in [2.05, 4.69) is 9.71 Å². The van der Waals surface area contributed by atoms with Crippen LogP contribution in [0.1, 0.15) is 31.5 Å². The number of nitrogens with one attached hydrogen (secondary N) is 1. The minimum atomic E-state index is -3.78. The Morgan fingerprint density at radius 1 is 1.40 bits per heavy atom. The van der Waals surface area contributed by atoms with E-state index >= 15 is 0 Å². The van der Waals surface area contributed by atoms with E-state index in [0.717, 1.165) is 37.9 Å². The minimum Gasteiger partial charge on any atom is -0.318 e. The van der Waals surface area contributed by atoms with E-state index in [9.17, 15) is 13.2 Å². The van der Waals surface area contributed by atoms with Gasteiger partial charge in [-0.3, -0.25) is 4.79 Å². The first-order chi connectivity index (χ1) is 9.56. The molecule has 0 spiro atoms. The molecular weight excluding hydrogens is 278 g/mol. The highest BCUT2D eigenvalue weighted by atomic mass is 32.2. The molecule has 1 amide bonds. The van der Waals surface area contributed by atoms with Crippen LogP contribution >= 0.6 is 0 Å². The first-order valence-electron chi connectivity index (χ1n) is 7.17. The molecule has 108 valence electrons. The van der Waals surface area contributed by atoms with Gasteiger partial charge in [0, 0.05) is 18.9 Å². The highest BCUT2D eigenvalue weighted by Crippen LogP contribution is 2.55. The number of sulfonamides is 1. The fraction of sp³-hybridized carbons (Fsp3) is 0.692. The van der Waals surface area contributed by atoms with Gasteiger partial charge in [0.2, 0.25) is 5.91 Å². The molecular formula is C13H17N3O3S. The van der Waals surface area contributed by atoms with Crippen LogP contribution in [0.3, 0.4) is 0 Å². The summed E-state index contributed by atoms with van der Waals surface area (Å²) in [5.41, 5.74) is 0. The summed E-state index contributed by atoms with van der Waals surface area (Å²) in [6.07, 6.45) is 6.03. The van der Waals surface area contributed by atoms with Crippen molar-refractivity contribution in [1.29, 1.82) is 0 Å². The topological polar surface area (TPSA) is 81.1 Å². The predicted molar refractivity (Wildman–Crippen MR) is 70.2 cm³/mol. The Balaban J connectivity index is 1.56. The molecule has 0 aromatic carbocycles. The summed E-state index contributed by atoms with van der Waals surface area (Å²) in [6, 6.07) is 0. The van der Waals surface area contributed by atoms with Crippen LogP contribution in [0.25, 0.3) is 0 Å². The van der Waals surface area contributed by atoms with E-state index < -0.39 is 10.0 Å². The summed E-state index contributed by atoms with van der Waals surface area (Å²) >= 11 is 0. The lowest BCUT2D eigenvalue weighted by Gasteiger charge is -2.13. The molecule has 6 nitrogen and oxygen atoms in total. The van der Waals surface area contributed by atoms with Gasteiger partial charge in [-0.1, -0.05) is 0 Å². The zero-order chi connectivity index (χ0) is 13.9. The number of fused-ring (bicyclic) bond motifs is 2. The van der Waals surface area contributed by atoms with Gasteiger partial charge in [0.25, 0.3) is 10.0 Å². The van der Waals surface area contributed by atoms with Gasteiger partial charge in [0.1, 0.15) is 5.82 Å². The molecule has 1 aliphatic heterocycles. The Kier molecular flexibility index (Phi) is 2.52. The van der Waals surface area contributed by atoms with E-state index in [-0.39, 0.29) is 16.9 Å². The van der Waals surface area contributed by atoms with Crippen LogP contribution in [-0.4, -0.2) is 23.9 Å². The summed E-state index contributed by atoms with van der Waals surface area (Å²) in [7, 11) is -3.78. The van der Waals surface area contributed by atoms with Gasteiger partial charge in [0.15, 0.2) is 5.03 Å². The van der Waals surface area contributed by atoms with Crippen LogP contribution in [0, 0.1) is 17.8 Å². The van der Waals surface area contributed by atoms with Crippen LogP contribution in [0.15, 0.2) is 11.2 Å². The summed E-state index contributed by atoms with van der Waals surface area (Å²) in [5.74, 6) is 1.43. The van der Waals surface area contributed by atoms with Crippen LogP contribution < -0.4 is 4.72 Å². The molecule has 1 aromatic heterocycles. The molecule has 4 rings (SSSR count). The Labute approximate surface area is 117 Å². The maximum absolute atomic E-state index is 12.3. The molecule has 7 heteroatoms. The van der Waals surface area contributed by atoms with Gasteiger partial charge in [-0.05, 0) is 37.5 Å². The quantitative estimate of drug-likeness (QED) is 0.889. The van der Waals surface area contributed by atoms with Crippen molar-refractivity contribution in [3.8, 4) is 0 Å². The van der Waals surface area contributed by atoms with Crippen LogP contribution in [0.4, 0.5) is 0 Å². The number of aromatic nitrogens is 2. The Bertz CT molecular complexity index is 679. The van der Waals surface area contributed by atoms with Gasteiger partial charge in [-0.25, -0.2) is 9.71 Å². The van der Waals surface area contributed by atoms with Crippen molar-refractivity contribution in [2.24, 2.45) is 17.8 Å². The van der Waals surface area contributed by atoms with Crippen LogP contribution in [-0.2, 0) is 27.8 Å². The molecule has 0 radical (unpaired) electrons. The van der Waals surface area contributed by atoms with Gasteiger partial charge < -0.3 is 4.57 Å².